The second-order valence-electron chi connectivity index (χ2n) is 3.29. The van der Waals surface area contributed by atoms with E-state index in [1.165, 1.54) is 44.2 Å². The van der Waals surface area contributed by atoms with Crippen molar-refractivity contribution in [3.8, 4) is 0 Å². The topological polar surface area (TPSA) is 0 Å². The van der Waals surface area contributed by atoms with Crippen molar-refractivity contribution in [2.75, 3.05) is 18.5 Å². The molecule has 1 fully saturated rings. The van der Waals surface area contributed by atoms with Crippen LogP contribution in [0.4, 0.5) is 0 Å². The smallest absolute Gasteiger partial charge is 0.0235 e. The lowest BCUT2D eigenvalue weighted by atomic mass is 10.3. The van der Waals surface area contributed by atoms with Crippen molar-refractivity contribution in [3.63, 3.8) is 0 Å². The van der Waals surface area contributed by atoms with Crippen LogP contribution in [-0.2, 0) is 11.8 Å². The molecule has 0 bridgehead atoms. The van der Waals surface area contributed by atoms with Crippen LogP contribution >= 0.6 is 6.04 Å². The van der Waals surface area contributed by atoms with Crippen LogP contribution in [0.15, 0.2) is 0 Å². The zero-order valence-corrected chi connectivity index (χ0v) is 8.52. The molecule has 2 heteroatoms. The van der Waals surface area contributed by atoms with Crippen LogP contribution in [0.1, 0.15) is 32.6 Å². The number of hydrogen-bond acceptors (Lipinski definition) is 1. The van der Waals surface area contributed by atoms with Crippen molar-refractivity contribution in [2.45, 2.75) is 32.6 Å². The third-order valence-corrected chi connectivity index (χ3v) is 7.43. The van der Waals surface area contributed by atoms with Gasteiger partial charge in [-0.25, -0.2) is 0 Å². The van der Waals surface area contributed by atoms with Gasteiger partial charge >= 0.3 is 0 Å². The van der Waals surface area contributed by atoms with E-state index in [9.17, 15) is 0 Å². The van der Waals surface area contributed by atoms with Crippen LogP contribution in [0, 0.1) is 0 Å². The summed E-state index contributed by atoms with van der Waals surface area (Å²) in [5.41, 5.74) is 0. The Hall–Kier alpha value is 0.650. The molecule has 0 spiro atoms. The molecule has 0 amide bonds. The van der Waals surface area contributed by atoms with Crippen molar-refractivity contribution >= 4 is 17.8 Å². The predicted octanol–water partition coefficient (Wildman–Crippen LogP) is 3.06. The van der Waals surface area contributed by atoms with Gasteiger partial charge in [-0.3, -0.25) is 0 Å². The standard InChI is InChI=1S/C8H17PS/c1-2-6-9(10)7-4-3-5-8-9/h2-8H2,1H3. The maximum atomic E-state index is 5.66. The number of hydrogen-bond donors (Lipinski definition) is 0. The van der Waals surface area contributed by atoms with E-state index >= 15 is 0 Å². The highest BCUT2D eigenvalue weighted by molar-refractivity contribution is 8.14. The lowest BCUT2D eigenvalue weighted by molar-refractivity contribution is 0.749. The van der Waals surface area contributed by atoms with Crippen LogP contribution in [0.25, 0.3) is 0 Å². The first-order valence-corrected chi connectivity index (χ1v) is 7.70. The summed E-state index contributed by atoms with van der Waals surface area (Å²) in [6.07, 6.45) is 9.82. The van der Waals surface area contributed by atoms with E-state index in [1.807, 2.05) is 0 Å². The summed E-state index contributed by atoms with van der Waals surface area (Å²) in [4.78, 5) is 0. The van der Waals surface area contributed by atoms with Gasteiger partial charge in [-0.05, 0) is 37.4 Å². The fourth-order valence-electron chi connectivity index (χ4n) is 1.72. The first-order valence-electron chi connectivity index (χ1n) is 4.34. The molecule has 1 aliphatic heterocycles. The Morgan fingerprint density at radius 3 is 2.30 bits per heavy atom. The fraction of sp³-hybridized carbons (Fsp3) is 1.00. The van der Waals surface area contributed by atoms with Crippen molar-refractivity contribution in [1.29, 1.82) is 0 Å². The molecule has 0 N–H and O–H groups in total. The number of rotatable bonds is 2. The second kappa shape index (κ2) is 3.88. The first-order chi connectivity index (χ1) is 4.77. The molecule has 1 aliphatic rings. The molecule has 0 aliphatic carbocycles. The zero-order chi connectivity index (χ0) is 7.45. The van der Waals surface area contributed by atoms with E-state index in [4.69, 9.17) is 11.8 Å². The Labute approximate surface area is 69.4 Å². The summed E-state index contributed by atoms with van der Waals surface area (Å²) in [7, 11) is 0. The van der Waals surface area contributed by atoms with Gasteiger partial charge in [-0.15, -0.1) is 0 Å². The largest absolute Gasteiger partial charge is 0.0975 e. The molecule has 0 unspecified atom stereocenters. The van der Waals surface area contributed by atoms with Crippen LogP contribution in [0.2, 0.25) is 0 Å². The Morgan fingerprint density at radius 2 is 1.80 bits per heavy atom. The van der Waals surface area contributed by atoms with Gasteiger partial charge in [0.1, 0.15) is 0 Å². The minimum absolute atomic E-state index is 0.780. The van der Waals surface area contributed by atoms with Gasteiger partial charge in [0.05, 0.1) is 0 Å². The van der Waals surface area contributed by atoms with Gasteiger partial charge in [0.15, 0.2) is 0 Å². The second-order valence-corrected chi connectivity index (χ2v) is 9.07. The Morgan fingerprint density at radius 1 is 1.20 bits per heavy atom. The summed E-state index contributed by atoms with van der Waals surface area (Å²) >= 11 is 5.66. The monoisotopic (exact) mass is 176 g/mol. The lowest BCUT2D eigenvalue weighted by Gasteiger charge is -2.25. The summed E-state index contributed by atoms with van der Waals surface area (Å²) in [5, 5.41) is 0. The maximum absolute atomic E-state index is 5.66. The van der Waals surface area contributed by atoms with Crippen molar-refractivity contribution in [3.05, 3.63) is 0 Å². The summed E-state index contributed by atoms with van der Waals surface area (Å²) < 4.78 is 0. The summed E-state index contributed by atoms with van der Waals surface area (Å²) in [6, 6.07) is -0.780. The van der Waals surface area contributed by atoms with Crippen LogP contribution < -0.4 is 0 Å². The van der Waals surface area contributed by atoms with Gasteiger partial charge in [0, 0.05) is 0 Å². The highest BCUT2D eigenvalue weighted by Crippen LogP contribution is 2.50. The highest BCUT2D eigenvalue weighted by Gasteiger charge is 2.18. The van der Waals surface area contributed by atoms with E-state index in [1.54, 1.807) is 0 Å². The van der Waals surface area contributed by atoms with E-state index < -0.39 is 6.04 Å². The Balaban J connectivity index is 2.41. The van der Waals surface area contributed by atoms with Crippen molar-refractivity contribution < 1.29 is 0 Å². The van der Waals surface area contributed by atoms with Gasteiger partial charge in [0.2, 0.25) is 0 Å². The highest BCUT2D eigenvalue weighted by atomic mass is 32.4. The molecule has 0 atom stereocenters. The lowest BCUT2D eigenvalue weighted by Crippen LogP contribution is -2.05. The normalized spacial score (nSPS) is 24.5. The third kappa shape index (κ3) is 2.36. The minimum atomic E-state index is -0.780. The van der Waals surface area contributed by atoms with Crippen molar-refractivity contribution in [1.82, 2.24) is 0 Å². The molecule has 10 heavy (non-hydrogen) atoms. The molecule has 1 heterocycles. The summed E-state index contributed by atoms with van der Waals surface area (Å²) in [5.74, 6) is 0. The molecule has 60 valence electrons. The quantitative estimate of drug-likeness (QED) is 0.583. The minimum Gasteiger partial charge on any atom is -0.0975 e. The summed E-state index contributed by atoms with van der Waals surface area (Å²) in [6.45, 7) is 2.27. The van der Waals surface area contributed by atoms with Gasteiger partial charge in [-0.1, -0.05) is 31.6 Å². The Bertz CT molecular complexity index is 124. The van der Waals surface area contributed by atoms with E-state index in [-0.39, 0.29) is 0 Å². The average molecular weight is 176 g/mol. The maximum Gasteiger partial charge on any atom is -0.0235 e. The van der Waals surface area contributed by atoms with E-state index in [0.717, 1.165) is 0 Å². The van der Waals surface area contributed by atoms with Crippen LogP contribution in [-0.4, -0.2) is 18.5 Å². The molecule has 0 aromatic carbocycles. The third-order valence-electron chi connectivity index (χ3n) is 2.26. The predicted molar refractivity (Wildman–Crippen MR) is 53.0 cm³/mol. The molecule has 1 rings (SSSR count). The van der Waals surface area contributed by atoms with Crippen molar-refractivity contribution in [2.24, 2.45) is 0 Å². The molecule has 0 aromatic heterocycles. The van der Waals surface area contributed by atoms with E-state index in [0.29, 0.717) is 0 Å². The zero-order valence-electron chi connectivity index (χ0n) is 6.81. The first kappa shape index (κ1) is 8.74. The van der Waals surface area contributed by atoms with Crippen LogP contribution in [0.5, 0.6) is 0 Å². The molecular formula is C8H17PS. The molecular weight excluding hydrogens is 159 g/mol. The van der Waals surface area contributed by atoms with E-state index in [2.05, 4.69) is 6.92 Å². The Kier molecular flexibility index (Phi) is 3.39. The van der Waals surface area contributed by atoms with Crippen LogP contribution in [0.3, 0.4) is 0 Å². The molecule has 0 nitrogen and oxygen atoms in total. The van der Waals surface area contributed by atoms with Gasteiger partial charge < -0.3 is 0 Å². The molecule has 0 radical (unpaired) electrons. The molecule has 0 saturated carbocycles. The van der Waals surface area contributed by atoms with Gasteiger partial charge in [-0.2, -0.15) is 0 Å². The fourth-order valence-corrected chi connectivity index (χ4v) is 6.13. The van der Waals surface area contributed by atoms with Gasteiger partial charge in [0.25, 0.3) is 0 Å². The molecule has 0 aromatic rings. The molecule has 1 saturated heterocycles. The SMILES string of the molecule is CCCP1(=S)CCCCC1. The average Bonchev–Trinajstić information content (AvgIpc) is 1.89.